The molecule has 102 valence electrons. The van der Waals surface area contributed by atoms with E-state index in [2.05, 4.69) is 41.9 Å². The quantitative estimate of drug-likeness (QED) is 0.480. The molecule has 0 aliphatic rings. The SMILES string of the molecule is CSCCCCCCNCCSc1ccccc1. The molecule has 0 aromatic heterocycles. The Bertz CT molecular complexity index is 277. The Kier molecular flexibility index (Phi) is 10.6. The van der Waals surface area contributed by atoms with Crippen molar-refractivity contribution in [2.45, 2.75) is 30.6 Å². The summed E-state index contributed by atoms with van der Waals surface area (Å²) in [5, 5.41) is 3.52. The van der Waals surface area contributed by atoms with Gasteiger partial charge in [0.25, 0.3) is 0 Å². The molecule has 1 nitrogen and oxygen atoms in total. The van der Waals surface area contributed by atoms with Gasteiger partial charge in [-0.2, -0.15) is 11.8 Å². The maximum Gasteiger partial charge on any atom is 0.0106 e. The zero-order valence-electron chi connectivity index (χ0n) is 11.4. The van der Waals surface area contributed by atoms with Crippen molar-refractivity contribution >= 4 is 23.5 Å². The first kappa shape index (κ1) is 15.9. The van der Waals surface area contributed by atoms with E-state index in [1.807, 2.05) is 23.5 Å². The minimum atomic E-state index is 1.12. The van der Waals surface area contributed by atoms with Gasteiger partial charge in [0.2, 0.25) is 0 Å². The molecule has 0 saturated carbocycles. The molecule has 1 N–H and O–H groups in total. The van der Waals surface area contributed by atoms with Gasteiger partial charge in [-0.15, -0.1) is 11.8 Å². The predicted octanol–water partition coefficient (Wildman–Crippen LogP) is 4.29. The third-order valence-corrected chi connectivity index (χ3v) is 4.45. The lowest BCUT2D eigenvalue weighted by Gasteiger charge is -2.04. The van der Waals surface area contributed by atoms with Crippen LogP contribution < -0.4 is 5.32 Å². The standard InChI is InChI=1S/C15H25NS2/c1-17-13-8-3-2-7-11-16-12-14-18-15-9-5-4-6-10-15/h4-6,9-10,16H,2-3,7-8,11-14H2,1H3. The molecule has 1 rings (SSSR count). The van der Waals surface area contributed by atoms with Crippen molar-refractivity contribution in [3.8, 4) is 0 Å². The van der Waals surface area contributed by atoms with Gasteiger partial charge in [-0.05, 0) is 43.5 Å². The van der Waals surface area contributed by atoms with Gasteiger partial charge in [0.15, 0.2) is 0 Å². The van der Waals surface area contributed by atoms with Gasteiger partial charge < -0.3 is 5.32 Å². The lowest BCUT2D eigenvalue weighted by Crippen LogP contribution is -2.18. The van der Waals surface area contributed by atoms with Crippen molar-refractivity contribution in [2.24, 2.45) is 0 Å². The first-order valence-electron chi connectivity index (χ1n) is 6.81. The maximum atomic E-state index is 3.52. The van der Waals surface area contributed by atoms with E-state index in [-0.39, 0.29) is 0 Å². The molecule has 0 amide bonds. The van der Waals surface area contributed by atoms with E-state index in [4.69, 9.17) is 0 Å². The summed E-state index contributed by atoms with van der Waals surface area (Å²) in [7, 11) is 0. The van der Waals surface area contributed by atoms with E-state index in [0.29, 0.717) is 0 Å². The fraction of sp³-hybridized carbons (Fsp3) is 0.600. The lowest BCUT2D eigenvalue weighted by atomic mass is 10.2. The normalized spacial score (nSPS) is 10.7. The van der Waals surface area contributed by atoms with Gasteiger partial charge in [-0.3, -0.25) is 0 Å². The first-order chi connectivity index (χ1) is 8.93. The lowest BCUT2D eigenvalue weighted by molar-refractivity contribution is 0.614. The van der Waals surface area contributed by atoms with Crippen LogP contribution in [0.1, 0.15) is 25.7 Å². The van der Waals surface area contributed by atoms with Crippen molar-refractivity contribution in [1.82, 2.24) is 5.32 Å². The number of nitrogens with one attached hydrogen (secondary N) is 1. The van der Waals surface area contributed by atoms with Crippen LogP contribution >= 0.6 is 23.5 Å². The Morgan fingerprint density at radius 3 is 2.44 bits per heavy atom. The molecule has 0 aliphatic heterocycles. The zero-order valence-corrected chi connectivity index (χ0v) is 13.0. The molecule has 0 spiro atoms. The van der Waals surface area contributed by atoms with E-state index < -0.39 is 0 Å². The first-order valence-corrected chi connectivity index (χ1v) is 9.19. The third kappa shape index (κ3) is 8.90. The van der Waals surface area contributed by atoms with Crippen molar-refractivity contribution in [3.63, 3.8) is 0 Å². The third-order valence-electron chi connectivity index (χ3n) is 2.74. The van der Waals surface area contributed by atoms with Crippen LogP contribution in [-0.4, -0.2) is 30.9 Å². The number of hydrogen-bond acceptors (Lipinski definition) is 3. The largest absolute Gasteiger partial charge is 0.316 e. The number of benzene rings is 1. The summed E-state index contributed by atoms with van der Waals surface area (Å²) in [5.41, 5.74) is 0. The molecule has 1 aromatic rings. The number of hydrogen-bond donors (Lipinski definition) is 1. The van der Waals surface area contributed by atoms with Crippen molar-refractivity contribution in [2.75, 3.05) is 30.9 Å². The second kappa shape index (κ2) is 11.9. The molecule has 0 unspecified atom stereocenters. The van der Waals surface area contributed by atoms with E-state index in [0.717, 1.165) is 12.3 Å². The molecule has 18 heavy (non-hydrogen) atoms. The molecule has 0 saturated heterocycles. The van der Waals surface area contributed by atoms with Crippen molar-refractivity contribution < 1.29 is 0 Å². The fourth-order valence-electron chi connectivity index (χ4n) is 1.73. The average molecular weight is 284 g/mol. The molecule has 0 atom stereocenters. The molecule has 1 aromatic carbocycles. The Labute approximate surface area is 121 Å². The second-order valence-electron chi connectivity index (χ2n) is 4.32. The Balaban J connectivity index is 1.82. The van der Waals surface area contributed by atoms with E-state index in [1.165, 1.54) is 42.9 Å². The highest BCUT2D eigenvalue weighted by atomic mass is 32.2. The fourth-order valence-corrected chi connectivity index (χ4v) is 3.06. The maximum absolute atomic E-state index is 3.52. The van der Waals surface area contributed by atoms with Crippen LogP contribution in [-0.2, 0) is 0 Å². The molecule has 0 heterocycles. The minimum absolute atomic E-state index is 1.12. The molecular formula is C15H25NS2. The minimum Gasteiger partial charge on any atom is -0.316 e. The van der Waals surface area contributed by atoms with Gasteiger partial charge in [0.1, 0.15) is 0 Å². The number of rotatable bonds is 11. The highest BCUT2D eigenvalue weighted by Crippen LogP contribution is 2.15. The van der Waals surface area contributed by atoms with E-state index in [1.54, 1.807) is 0 Å². The van der Waals surface area contributed by atoms with Gasteiger partial charge in [0.05, 0.1) is 0 Å². The summed E-state index contributed by atoms with van der Waals surface area (Å²) in [6.07, 6.45) is 7.65. The van der Waals surface area contributed by atoms with Gasteiger partial charge in [-0.1, -0.05) is 31.0 Å². The van der Waals surface area contributed by atoms with Crippen LogP contribution in [0.5, 0.6) is 0 Å². The number of thioether (sulfide) groups is 2. The van der Waals surface area contributed by atoms with Crippen molar-refractivity contribution in [3.05, 3.63) is 30.3 Å². The topological polar surface area (TPSA) is 12.0 Å². The number of unbranched alkanes of at least 4 members (excludes halogenated alkanes) is 3. The summed E-state index contributed by atoms with van der Waals surface area (Å²) in [4.78, 5) is 1.37. The summed E-state index contributed by atoms with van der Waals surface area (Å²) >= 11 is 3.89. The molecule has 0 bridgehead atoms. The van der Waals surface area contributed by atoms with Crippen LogP contribution in [0.4, 0.5) is 0 Å². The second-order valence-corrected chi connectivity index (χ2v) is 6.47. The van der Waals surface area contributed by atoms with E-state index >= 15 is 0 Å². The molecule has 0 radical (unpaired) electrons. The van der Waals surface area contributed by atoms with Crippen LogP contribution in [0.15, 0.2) is 35.2 Å². The van der Waals surface area contributed by atoms with Crippen LogP contribution in [0.3, 0.4) is 0 Å². The van der Waals surface area contributed by atoms with Gasteiger partial charge in [-0.25, -0.2) is 0 Å². The Hall–Kier alpha value is -0.120. The van der Waals surface area contributed by atoms with Gasteiger partial charge >= 0.3 is 0 Å². The Morgan fingerprint density at radius 1 is 0.889 bits per heavy atom. The predicted molar refractivity (Wildman–Crippen MR) is 86.9 cm³/mol. The molecule has 3 heteroatoms. The zero-order chi connectivity index (χ0) is 12.9. The summed E-state index contributed by atoms with van der Waals surface area (Å²) in [6.45, 7) is 2.29. The summed E-state index contributed by atoms with van der Waals surface area (Å²) in [6, 6.07) is 10.6. The highest BCUT2D eigenvalue weighted by Gasteiger charge is 1.93. The van der Waals surface area contributed by atoms with Crippen molar-refractivity contribution in [1.29, 1.82) is 0 Å². The average Bonchev–Trinajstić information content (AvgIpc) is 2.42. The molecule has 0 aliphatic carbocycles. The van der Waals surface area contributed by atoms with Crippen LogP contribution in [0.25, 0.3) is 0 Å². The highest BCUT2D eigenvalue weighted by molar-refractivity contribution is 7.99. The van der Waals surface area contributed by atoms with E-state index in [9.17, 15) is 0 Å². The summed E-state index contributed by atoms with van der Waals surface area (Å²) in [5.74, 6) is 2.48. The van der Waals surface area contributed by atoms with Crippen LogP contribution in [0.2, 0.25) is 0 Å². The van der Waals surface area contributed by atoms with Gasteiger partial charge in [0, 0.05) is 17.2 Å². The monoisotopic (exact) mass is 283 g/mol. The molecular weight excluding hydrogens is 258 g/mol. The Morgan fingerprint density at radius 2 is 1.67 bits per heavy atom. The smallest absolute Gasteiger partial charge is 0.0106 e. The van der Waals surface area contributed by atoms with Crippen LogP contribution in [0, 0.1) is 0 Å². The molecule has 0 fully saturated rings. The summed E-state index contributed by atoms with van der Waals surface area (Å²) < 4.78 is 0.